The predicted octanol–water partition coefficient (Wildman–Crippen LogP) is 3.84. The largest absolute Gasteiger partial charge is 0.455 e. The minimum atomic E-state index is -0.610. The van der Waals surface area contributed by atoms with Crippen LogP contribution in [0.4, 0.5) is 11.4 Å². The van der Waals surface area contributed by atoms with Crippen LogP contribution in [0.5, 0.6) is 0 Å². The number of halogens is 2. The molecule has 0 bridgehead atoms. The van der Waals surface area contributed by atoms with Crippen molar-refractivity contribution in [2.75, 3.05) is 23.4 Å². The number of aryl methyl sites for hydroxylation is 1. The van der Waals surface area contributed by atoms with Gasteiger partial charge < -0.3 is 15.0 Å². The summed E-state index contributed by atoms with van der Waals surface area (Å²) in [5.74, 6) is -1.87. The summed E-state index contributed by atoms with van der Waals surface area (Å²) in [5, 5.41) is 3.27. The van der Waals surface area contributed by atoms with Gasteiger partial charge in [0.25, 0.3) is 5.91 Å². The molecule has 1 saturated heterocycles. The first-order chi connectivity index (χ1) is 13.3. The Bertz CT molecular complexity index is 915. The first-order valence-electron chi connectivity index (χ1n) is 8.62. The maximum Gasteiger partial charge on any atom is 0.311 e. The van der Waals surface area contributed by atoms with E-state index in [2.05, 4.69) is 5.32 Å². The molecular formula is C20H18Cl2N2O4. The van der Waals surface area contributed by atoms with Gasteiger partial charge in [-0.25, -0.2) is 0 Å². The van der Waals surface area contributed by atoms with E-state index in [-0.39, 0.29) is 23.9 Å². The second-order valence-electron chi connectivity index (χ2n) is 6.52. The van der Waals surface area contributed by atoms with Gasteiger partial charge in [0.2, 0.25) is 5.91 Å². The fraction of sp³-hybridized carbons (Fsp3) is 0.250. The highest BCUT2D eigenvalue weighted by atomic mass is 35.5. The summed E-state index contributed by atoms with van der Waals surface area (Å²) in [4.78, 5) is 38.0. The second kappa shape index (κ2) is 8.63. The number of anilines is 2. The number of carbonyl (C=O) groups excluding carboxylic acids is 3. The molecule has 28 heavy (non-hydrogen) atoms. The quantitative estimate of drug-likeness (QED) is 0.745. The first kappa shape index (κ1) is 20.2. The third-order valence-corrected chi connectivity index (χ3v) is 4.90. The number of esters is 1. The van der Waals surface area contributed by atoms with E-state index < -0.39 is 24.4 Å². The zero-order valence-electron chi connectivity index (χ0n) is 15.1. The van der Waals surface area contributed by atoms with Crippen molar-refractivity contribution in [3.8, 4) is 0 Å². The highest BCUT2D eigenvalue weighted by Gasteiger charge is 2.36. The van der Waals surface area contributed by atoms with E-state index >= 15 is 0 Å². The lowest BCUT2D eigenvalue weighted by Gasteiger charge is -2.16. The molecule has 0 saturated carbocycles. The predicted molar refractivity (Wildman–Crippen MR) is 108 cm³/mol. The fourth-order valence-corrected chi connectivity index (χ4v) is 3.33. The van der Waals surface area contributed by atoms with Crippen LogP contribution in [0.25, 0.3) is 0 Å². The first-order valence-corrected chi connectivity index (χ1v) is 9.37. The molecule has 2 aromatic carbocycles. The van der Waals surface area contributed by atoms with E-state index in [1.54, 1.807) is 17.0 Å². The van der Waals surface area contributed by atoms with Crippen molar-refractivity contribution < 1.29 is 19.1 Å². The molecule has 1 atom stereocenters. The van der Waals surface area contributed by atoms with Crippen LogP contribution in [0, 0.1) is 12.8 Å². The Balaban J connectivity index is 1.53. The van der Waals surface area contributed by atoms with Crippen LogP contribution in [0.1, 0.15) is 12.0 Å². The maximum absolute atomic E-state index is 12.3. The van der Waals surface area contributed by atoms with E-state index in [1.807, 2.05) is 31.2 Å². The van der Waals surface area contributed by atoms with Gasteiger partial charge in [-0.2, -0.15) is 0 Å². The Kier molecular flexibility index (Phi) is 6.21. The van der Waals surface area contributed by atoms with Crippen molar-refractivity contribution in [3.63, 3.8) is 0 Å². The number of ether oxygens (including phenoxy) is 1. The standard InChI is InChI=1S/C20H18Cl2N2O4/c1-12-2-5-15(6-3-12)24-10-13(8-19(24)26)20(27)28-11-18(25)23-17-7-4-14(21)9-16(17)22/h2-7,9,13H,8,10-11H2,1H3,(H,23,25)/t13-/m0/s1. The van der Waals surface area contributed by atoms with Gasteiger partial charge in [0.1, 0.15) is 0 Å². The lowest BCUT2D eigenvalue weighted by Crippen LogP contribution is -2.28. The summed E-state index contributed by atoms with van der Waals surface area (Å²) in [6, 6.07) is 12.1. The number of hydrogen-bond acceptors (Lipinski definition) is 4. The Morgan fingerprint density at radius 3 is 2.57 bits per heavy atom. The van der Waals surface area contributed by atoms with E-state index in [0.717, 1.165) is 11.3 Å². The lowest BCUT2D eigenvalue weighted by molar-refractivity contribution is -0.151. The van der Waals surface area contributed by atoms with Gasteiger partial charge in [-0.1, -0.05) is 40.9 Å². The maximum atomic E-state index is 12.3. The summed E-state index contributed by atoms with van der Waals surface area (Å²) < 4.78 is 5.08. The van der Waals surface area contributed by atoms with E-state index in [9.17, 15) is 14.4 Å². The average molecular weight is 421 g/mol. The molecule has 0 aromatic heterocycles. The summed E-state index contributed by atoms with van der Waals surface area (Å²) in [6.45, 7) is 1.72. The molecule has 0 spiro atoms. The molecule has 2 aromatic rings. The van der Waals surface area contributed by atoms with Gasteiger partial charge in [-0.05, 0) is 37.3 Å². The zero-order chi connectivity index (χ0) is 20.3. The smallest absolute Gasteiger partial charge is 0.311 e. The summed E-state index contributed by atoms with van der Waals surface area (Å²) >= 11 is 11.8. The Labute approximate surface area is 172 Å². The van der Waals surface area contributed by atoms with E-state index in [4.69, 9.17) is 27.9 Å². The third-order valence-electron chi connectivity index (χ3n) is 4.35. The Morgan fingerprint density at radius 1 is 1.18 bits per heavy atom. The number of nitrogens with one attached hydrogen (secondary N) is 1. The number of carbonyl (C=O) groups is 3. The molecule has 8 heteroatoms. The van der Waals surface area contributed by atoms with Crippen molar-refractivity contribution in [1.29, 1.82) is 0 Å². The highest BCUT2D eigenvalue weighted by Crippen LogP contribution is 2.27. The monoisotopic (exact) mass is 420 g/mol. The number of rotatable bonds is 5. The molecule has 1 fully saturated rings. The summed E-state index contributed by atoms with van der Waals surface area (Å²) in [5.41, 5.74) is 2.19. The van der Waals surface area contributed by atoms with E-state index in [1.165, 1.54) is 6.07 Å². The van der Waals surface area contributed by atoms with Crippen LogP contribution in [0.2, 0.25) is 10.0 Å². The van der Waals surface area contributed by atoms with Gasteiger partial charge in [0.15, 0.2) is 6.61 Å². The third kappa shape index (κ3) is 4.82. The average Bonchev–Trinajstić information content (AvgIpc) is 3.04. The normalized spacial score (nSPS) is 16.2. The minimum absolute atomic E-state index is 0.0529. The molecule has 0 aliphatic carbocycles. The van der Waals surface area contributed by atoms with Crippen LogP contribution in [0.15, 0.2) is 42.5 Å². The molecule has 3 rings (SSSR count). The summed E-state index contributed by atoms with van der Waals surface area (Å²) in [7, 11) is 0. The van der Waals surface area contributed by atoms with Crippen LogP contribution in [-0.2, 0) is 19.1 Å². The van der Waals surface area contributed by atoms with Gasteiger partial charge in [-0.3, -0.25) is 14.4 Å². The van der Waals surface area contributed by atoms with Crippen molar-refractivity contribution in [3.05, 3.63) is 58.1 Å². The number of benzene rings is 2. The number of hydrogen-bond donors (Lipinski definition) is 1. The van der Waals surface area contributed by atoms with Crippen LogP contribution in [-0.4, -0.2) is 30.9 Å². The van der Waals surface area contributed by atoms with Crippen LogP contribution < -0.4 is 10.2 Å². The topological polar surface area (TPSA) is 75.7 Å². The molecule has 146 valence electrons. The SMILES string of the molecule is Cc1ccc(N2C[C@@H](C(=O)OCC(=O)Nc3ccc(Cl)cc3Cl)CC2=O)cc1. The Hall–Kier alpha value is -2.57. The van der Waals surface area contributed by atoms with Crippen molar-refractivity contribution >= 4 is 52.4 Å². The molecule has 1 N–H and O–H groups in total. The van der Waals surface area contributed by atoms with Gasteiger partial charge in [0, 0.05) is 23.7 Å². The molecule has 0 unspecified atom stereocenters. The van der Waals surface area contributed by atoms with Crippen molar-refractivity contribution in [2.24, 2.45) is 5.92 Å². The highest BCUT2D eigenvalue weighted by molar-refractivity contribution is 6.36. The molecule has 6 nitrogen and oxygen atoms in total. The van der Waals surface area contributed by atoms with Crippen molar-refractivity contribution in [1.82, 2.24) is 0 Å². The fourth-order valence-electron chi connectivity index (χ4n) is 2.87. The Morgan fingerprint density at radius 2 is 1.89 bits per heavy atom. The van der Waals surface area contributed by atoms with E-state index in [0.29, 0.717) is 10.7 Å². The molecule has 1 heterocycles. The summed E-state index contributed by atoms with van der Waals surface area (Å²) in [6.07, 6.45) is 0.0529. The molecule has 1 aliphatic rings. The second-order valence-corrected chi connectivity index (χ2v) is 7.36. The lowest BCUT2D eigenvalue weighted by atomic mass is 10.1. The number of nitrogens with zero attached hydrogens (tertiary/aromatic N) is 1. The van der Waals surface area contributed by atoms with Crippen LogP contribution >= 0.6 is 23.2 Å². The molecule has 2 amide bonds. The van der Waals surface area contributed by atoms with Crippen molar-refractivity contribution in [2.45, 2.75) is 13.3 Å². The zero-order valence-corrected chi connectivity index (χ0v) is 16.6. The van der Waals surface area contributed by atoms with Gasteiger partial charge in [0.05, 0.1) is 16.6 Å². The minimum Gasteiger partial charge on any atom is -0.455 e. The van der Waals surface area contributed by atoms with Crippen LogP contribution in [0.3, 0.4) is 0 Å². The van der Waals surface area contributed by atoms with Gasteiger partial charge in [-0.15, -0.1) is 0 Å². The molecule has 1 aliphatic heterocycles. The van der Waals surface area contributed by atoms with Gasteiger partial charge >= 0.3 is 5.97 Å². The molecular weight excluding hydrogens is 403 g/mol. The number of amides is 2. The molecule has 0 radical (unpaired) electrons.